The van der Waals surface area contributed by atoms with Crippen LogP contribution < -0.4 is 10.2 Å². The molecule has 68 heavy (non-hydrogen) atoms. The number of hydrogen-bond acceptors (Lipinski definition) is 6. The number of nitrogens with one attached hydrogen (secondary N) is 1. The highest BCUT2D eigenvalue weighted by Gasteiger charge is 2.24. The molecule has 0 aromatic rings. The minimum atomic E-state index is -4.57. The Morgan fingerprint density at radius 2 is 0.897 bits per heavy atom. The van der Waals surface area contributed by atoms with E-state index in [4.69, 9.17) is 9.05 Å². The van der Waals surface area contributed by atoms with Gasteiger partial charge in [0.05, 0.1) is 39.9 Å². The van der Waals surface area contributed by atoms with Crippen LogP contribution >= 0.6 is 7.82 Å². The van der Waals surface area contributed by atoms with E-state index in [9.17, 15) is 19.4 Å². The summed E-state index contributed by atoms with van der Waals surface area (Å²) in [6.07, 6.45) is 65.7. The van der Waals surface area contributed by atoms with Crippen molar-refractivity contribution in [1.82, 2.24) is 5.32 Å². The molecule has 0 bridgehead atoms. The molecule has 3 atom stereocenters. The number of aliphatic hydroxyl groups excluding tert-OH is 1. The van der Waals surface area contributed by atoms with Gasteiger partial charge in [-0.1, -0.05) is 262 Å². The lowest BCUT2D eigenvalue weighted by molar-refractivity contribution is -0.870. The Balaban J connectivity index is 4.09. The summed E-state index contributed by atoms with van der Waals surface area (Å²) in [4.78, 5) is 25.5. The lowest BCUT2D eigenvalue weighted by Gasteiger charge is -2.30. The molecule has 0 heterocycles. The third-order valence-corrected chi connectivity index (χ3v) is 14.0. The summed E-state index contributed by atoms with van der Waals surface area (Å²) in [6, 6.07) is -0.801. The van der Waals surface area contributed by atoms with Crippen LogP contribution in [0.25, 0.3) is 0 Å². The summed E-state index contributed by atoms with van der Waals surface area (Å²) in [5, 5.41) is 14.0. The van der Waals surface area contributed by atoms with Crippen LogP contribution in [0, 0.1) is 0 Å². The Morgan fingerprint density at radius 3 is 1.31 bits per heavy atom. The molecule has 0 saturated carbocycles. The Labute approximate surface area is 422 Å². The summed E-state index contributed by atoms with van der Waals surface area (Å²) >= 11 is 0. The summed E-state index contributed by atoms with van der Waals surface area (Å²) in [5.74, 6) is -0.163. The normalized spacial score (nSPS) is 14.3. The van der Waals surface area contributed by atoms with Gasteiger partial charge < -0.3 is 28.8 Å². The minimum absolute atomic E-state index is 0.0126. The van der Waals surface area contributed by atoms with E-state index in [1.807, 2.05) is 21.1 Å². The van der Waals surface area contributed by atoms with Crippen molar-refractivity contribution in [2.24, 2.45) is 0 Å². The van der Waals surface area contributed by atoms with Gasteiger partial charge in [0.15, 0.2) is 0 Å². The first-order chi connectivity index (χ1) is 33.0. The first-order valence-corrected chi connectivity index (χ1v) is 30.4. The summed E-state index contributed by atoms with van der Waals surface area (Å²) < 4.78 is 23.4. The van der Waals surface area contributed by atoms with Crippen LogP contribution in [0.15, 0.2) is 48.6 Å². The lowest BCUT2D eigenvalue weighted by Crippen LogP contribution is -2.46. The average Bonchev–Trinajstić information content (AvgIpc) is 3.30. The molecule has 8 nitrogen and oxygen atoms in total. The van der Waals surface area contributed by atoms with E-state index in [2.05, 4.69) is 67.8 Å². The zero-order chi connectivity index (χ0) is 49.9. The number of allylic oxidation sites excluding steroid dienone is 8. The molecule has 0 fully saturated rings. The zero-order valence-corrected chi connectivity index (χ0v) is 46.5. The second kappa shape index (κ2) is 50.4. The highest BCUT2D eigenvalue weighted by molar-refractivity contribution is 7.45. The van der Waals surface area contributed by atoms with E-state index in [0.717, 1.165) is 64.2 Å². The molecule has 0 spiro atoms. The number of phosphoric ester groups is 1. The van der Waals surface area contributed by atoms with Crippen LogP contribution in [0.4, 0.5) is 0 Å². The number of aliphatic hydroxyl groups is 1. The largest absolute Gasteiger partial charge is 0.756 e. The second-order valence-corrected chi connectivity index (χ2v) is 22.4. The number of unbranched alkanes of at least 4 members (excludes halogenated alkanes) is 32. The number of nitrogens with zero attached hydrogens (tertiary/aromatic N) is 1. The number of amides is 1. The standard InChI is InChI=1S/C59H113N2O6P/c1-6-8-10-12-14-16-18-20-22-24-25-26-27-28-29-30-31-32-33-34-35-37-39-41-43-45-47-49-51-53-59(63)60-57(56-67-68(64,65)66-55-54-61(3,4)5)58(62)52-50-48-46-44-42-40-38-36-23-21-19-17-15-13-11-9-7-2/h8,10,14,16,20,22,25-26,57-58,62H,6-7,9,11-13,15,17-19,21,23-24,27-56H2,1-5H3,(H-,60,63,64,65)/b10-8-,16-14-,22-20-,26-25-. The first kappa shape index (κ1) is 66.5. The molecule has 0 aliphatic rings. The number of phosphoric acid groups is 1. The van der Waals surface area contributed by atoms with E-state index in [1.54, 1.807) is 0 Å². The van der Waals surface area contributed by atoms with Gasteiger partial charge in [-0.2, -0.15) is 0 Å². The predicted octanol–water partition coefficient (Wildman–Crippen LogP) is 16.9. The molecule has 0 aliphatic carbocycles. The first-order valence-electron chi connectivity index (χ1n) is 29.0. The molecule has 1 amide bonds. The van der Waals surface area contributed by atoms with Crippen molar-refractivity contribution < 1.29 is 32.9 Å². The highest BCUT2D eigenvalue weighted by Crippen LogP contribution is 2.38. The molecule has 0 aromatic carbocycles. The Morgan fingerprint density at radius 1 is 0.529 bits per heavy atom. The van der Waals surface area contributed by atoms with E-state index in [-0.39, 0.29) is 19.1 Å². The zero-order valence-electron chi connectivity index (χ0n) is 45.6. The second-order valence-electron chi connectivity index (χ2n) is 21.0. The third kappa shape index (κ3) is 52.3. The Hall–Kier alpha value is -1.54. The number of carbonyl (C=O) groups is 1. The van der Waals surface area contributed by atoms with Gasteiger partial charge in [0.1, 0.15) is 13.2 Å². The number of quaternary nitrogens is 1. The smallest absolute Gasteiger partial charge is 0.268 e. The molecular formula is C59H113N2O6P. The van der Waals surface area contributed by atoms with Crippen LogP contribution in [-0.2, 0) is 18.4 Å². The number of hydrogen-bond donors (Lipinski definition) is 2. The number of rotatable bonds is 53. The van der Waals surface area contributed by atoms with Crippen LogP contribution in [0.3, 0.4) is 0 Å². The van der Waals surface area contributed by atoms with Crippen LogP contribution in [0.2, 0.25) is 0 Å². The van der Waals surface area contributed by atoms with Crippen molar-refractivity contribution in [2.75, 3.05) is 40.9 Å². The topological polar surface area (TPSA) is 108 Å². The summed E-state index contributed by atoms with van der Waals surface area (Å²) in [7, 11) is 1.31. The van der Waals surface area contributed by atoms with Crippen molar-refractivity contribution in [1.29, 1.82) is 0 Å². The van der Waals surface area contributed by atoms with E-state index < -0.39 is 20.0 Å². The van der Waals surface area contributed by atoms with E-state index in [0.29, 0.717) is 23.9 Å². The van der Waals surface area contributed by atoms with Gasteiger partial charge in [0.25, 0.3) is 7.82 Å². The Kier molecular flexibility index (Phi) is 49.3. The molecule has 0 rings (SSSR count). The van der Waals surface area contributed by atoms with Gasteiger partial charge in [-0.05, 0) is 51.4 Å². The summed E-state index contributed by atoms with van der Waals surface area (Å²) in [5.41, 5.74) is 0. The average molecular weight is 978 g/mol. The van der Waals surface area contributed by atoms with Crippen molar-refractivity contribution >= 4 is 13.7 Å². The van der Waals surface area contributed by atoms with Gasteiger partial charge >= 0.3 is 0 Å². The fraction of sp³-hybridized carbons (Fsp3) is 0.847. The molecule has 3 unspecified atom stereocenters. The van der Waals surface area contributed by atoms with E-state index >= 15 is 0 Å². The van der Waals surface area contributed by atoms with Crippen LogP contribution in [0.5, 0.6) is 0 Å². The van der Waals surface area contributed by atoms with Gasteiger partial charge in [-0.3, -0.25) is 9.36 Å². The fourth-order valence-corrected chi connectivity index (χ4v) is 9.29. The van der Waals surface area contributed by atoms with Crippen molar-refractivity contribution in [3.8, 4) is 0 Å². The van der Waals surface area contributed by atoms with Gasteiger partial charge in [-0.25, -0.2) is 0 Å². The lowest BCUT2D eigenvalue weighted by atomic mass is 10.0. The maximum absolute atomic E-state index is 13.0. The molecule has 0 aliphatic heterocycles. The van der Waals surface area contributed by atoms with Crippen molar-refractivity contribution in [2.45, 2.75) is 283 Å². The molecule has 0 saturated heterocycles. The van der Waals surface area contributed by atoms with E-state index in [1.165, 1.54) is 180 Å². The van der Waals surface area contributed by atoms with Gasteiger partial charge in [-0.15, -0.1) is 0 Å². The highest BCUT2D eigenvalue weighted by atomic mass is 31.2. The van der Waals surface area contributed by atoms with Gasteiger partial charge in [0, 0.05) is 6.42 Å². The third-order valence-electron chi connectivity index (χ3n) is 13.1. The Bertz CT molecular complexity index is 1250. The van der Waals surface area contributed by atoms with Crippen LogP contribution in [-0.4, -0.2) is 68.5 Å². The number of likely N-dealkylation sites (N-methyl/N-ethyl adjacent to an activating group) is 1. The molecular weight excluding hydrogens is 864 g/mol. The molecule has 0 aromatic heterocycles. The van der Waals surface area contributed by atoms with Crippen LogP contribution in [0.1, 0.15) is 271 Å². The molecule has 2 N–H and O–H groups in total. The number of carbonyl (C=O) groups excluding carboxylic acids is 1. The van der Waals surface area contributed by atoms with Gasteiger partial charge in [0.2, 0.25) is 5.91 Å². The monoisotopic (exact) mass is 977 g/mol. The minimum Gasteiger partial charge on any atom is -0.756 e. The summed E-state index contributed by atoms with van der Waals surface area (Å²) in [6.45, 7) is 4.64. The molecule has 9 heteroatoms. The molecule has 0 radical (unpaired) electrons. The van der Waals surface area contributed by atoms with Crippen molar-refractivity contribution in [3.05, 3.63) is 48.6 Å². The SMILES string of the molecule is CC/C=C\C/C=C\C/C=C\C/C=C\CCCCCCCCCCCCCCCCCCC(=O)NC(COP(=O)([O-])OCC[N+](C)(C)C)C(O)CCCCCCCCCCCCCCCCCCC. The van der Waals surface area contributed by atoms with Crippen molar-refractivity contribution in [3.63, 3.8) is 0 Å². The molecule has 400 valence electrons. The quantitative estimate of drug-likeness (QED) is 0.0272. The fourth-order valence-electron chi connectivity index (χ4n) is 8.56. The maximum atomic E-state index is 13.0. The maximum Gasteiger partial charge on any atom is 0.268 e. The predicted molar refractivity (Wildman–Crippen MR) is 293 cm³/mol.